The summed E-state index contributed by atoms with van der Waals surface area (Å²) in [5, 5.41) is 3.38. The second-order valence-electron chi connectivity index (χ2n) is 4.28. The third kappa shape index (κ3) is 3.57. The molecule has 18 heavy (non-hydrogen) atoms. The fourth-order valence-corrected chi connectivity index (χ4v) is 1.88. The minimum atomic E-state index is 0.775. The van der Waals surface area contributed by atoms with Gasteiger partial charge in [0.15, 0.2) is 0 Å². The van der Waals surface area contributed by atoms with Gasteiger partial charge in [-0.1, -0.05) is 12.1 Å². The van der Waals surface area contributed by atoms with Crippen LogP contribution < -0.4 is 10.1 Å². The Kier molecular flexibility index (Phi) is 4.31. The molecule has 1 aromatic carbocycles. The van der Waals surface area contributed by atoms with Gasteiger partial charge in [0.05, 0.1) is 12.8 Å². The lowest BCUT2D eigenvalue weighted by Crippen LogP contribution is -2.13. The number of hydrogen-bond donors (Lipinski definition) is 1. The summed E-state index contributed by atoms with van der Waals surface area (Å²) in [4.78, 5) is 4.27. The largest absolute Gasteiger partial charge is 0.497 e. The molecule has 2 aromatic rings. The highest BCUT2D eigenvalue weighted by Gasteiger charge is 1.99. The summed E-state index contributed by atoms with van der Waals surface area (Å²) in [5.74, 6) is 0.907. The van der Waals surface area contributed by atoms with E-state index >= 15 is 0 Å². The number of pyridine rings is 1. The van der Waals surface area contributed by atoms with Gasteiger partial charge in [0.2, 0.25) is 0 Å². The molecular formula is C15H18N2O. The molecule has 0 atom stereocenters. The maximum absolute atomic E-state index is 5.26. The molecule has 0 aliphatic heterocycles. The van der Waals surface area contributed by atoms with E-state index in [2.05, 4.69) is 29.4 Å². The summed E-state index contributed by atoms with van der Waals surface area (Å²) in [6, 6.07) is 12.2. The van der Waals surface area contributed by atoms with Gasteiger partial charge in [-0.05, 0) is 42.3 Å². The quantitative estimate of drug-likeness (QED) is 0.875. The van der Waals surface area contributed by atoms with E-state index in [4.69, 9.17) is 4.74 Å². The maximum Gasteiger partial charge on any atom is 0.119 e. The highest BCUT2D eigenvalue weighted by molar-refractivity contribution is 5.33. The minimum Gasteiger partial charge on any atom is -0.497 e. The van der Waals surface area contributed by atoms with Gasteiger partial charge >= 0.3 is 0 Å². The SMILES string of the molecule is COc1cc(C)cc(CNCc2ccccn2)c1. The molecule has 94 valence electrons. The van der Waals surface area contributed by atoms with E-state index < -0.39 is 0 Å². The number of aryl methyl sites for hydroxylation is 1. The Bertz CT molecular complexity index is 497. The number of aromatic nitrogens is 1. The van der Waals surface area contributed by atoms with Crippen molar-refractivity contribution in [2.75, 3.05) is 7.11 Å². The second kappa shape index (κ2) is 6.17. The number of hydrogen-bond acceptors (Lipinski definition) is 3. The first-order chi connectivity index (χ1) is 8.78. The zero-order valence-corrected chi connectivity index (χ0v) is 10.8. The van der Waals surface area contributed by atoms with Crippen molar-refractivity contribution in [2.45, 2.75) is 20.0 Å². The molecule has 3 nitrogen and oxygen atoms in total. The van der Waals surface area contributed by atoms with Crippen molar-refractivity contribution in [3.8, 4) is 5.75 Å². The standard InChI is InChI=1S/C15H18N2O/c1-12-7-13(9-15(8-12)18-2)10-16-11-14-5-3-4-6-17-14/h3-9,16H,10-11H2,1-2H3. The number of methoxy groups -OCH3 is 1. The minimum absolute atomic E-state index is 0.775. The van der Waals surface area contributed by atoms with Crippen LogP contribution in [-0.4, -0.2) is 12.1 Å². The van der Waals surface area contributed by atoms with Gasteiger partial charge in [0.25, 0.3) is 0 Å². The van der Waals surface area contributed by atoms with Crippen LogP contribution in [0.5, 0.6) is 5.75 Å². The number of nitrogens with one attached hydrogen (secondary N) is 1. The molecule has 0 spiro atoms. The van der Waals surface area contributed by atoms with E-state index in [-0.39, 0.29) is 0 Å². The number of ether oxygens (including phenoxy) is 1. The van der Waals surface area contributed by atoms with E-state index in [1.165, 1.54) is 11.1 Å². The third-order valence-corrected chi connectivity index (χ3v) is 2.71. The summed E-state index contributed by atoms with van der Waals surface area (Å²) in [6.07, 6.45) is 1.81. The molecule has 3 heteroatoms. The monoisotopic (exact) mass is 242 g/mol. The zero-order valence-electron chi connectivity index (χ0n) is 10.8. The van der Waals surface area contributed by atoms with E-state index in [0.717, 1.165) is 24.5 Å². The molecule has 1 aromatic heterocycles. The predicted octanol–water partition coefficient (Wildman–Crippen LogP) is 2.69. The first kappa shape index (κ1) is 12.6. The van der Waals surface area contributed by atoms with Crippen LogP contribution in [0, 0.1) is 6.92 Å². The number of rotatable bonds is 5. The van der Waals surface area contributed by atoms with E-state index in [9.17, 15) is 0 Å². The smallest absolute Gasteiger partial charge is 0.119 e. The third-order valence-electron chi connectivity index (χ3n) is 2.71. The van der Waals surface area contributed by atoms with Crippen LogP contribution in [0.15, 0.2) is 42.6 Å². The average molecular weight is 242 g/mol. The lowest BCUT2D eigenvalue weighted by atomic mass is 10.1. The van der Waals surface area contributed by atoms with Crippen molar-refractivity contribution in [3.63, 3.8) is 0 Å². The number of nitrogens with zero attached hydrogens (tertiary/aromatic N) is 1. The first-order valence-corrected chi connectivity index (χ1v) is 6.03. The molecule has 0 aliphatic rings. The van der Waals surface area contributed by atoms with Crippen LogP contribution in [0.3, 0.4) is 0 Å². The van der Waals surface area contributed by atoms with Crippen LogP contribution >= 0.6 is 0 Å². The Morgan fingerprint density at radius 3 is 2.78 bits per heavy atom. The van der Waals surface area contributed by atoms with Crippen molar-refractivity contribution in [3.05, 3.63) is 59.4 Å². The maximum atomic E-state index is 5.26. The van der Waals surface area contributed by atoms with E-state index in [1.807, 2.05) is 30.5 Å². The highest BCUT2D eigenvalue weighted by atomic mass is 16.5. The zero-order chi connectivity index (χ0) is 12.8. The molecule has 1 N–H and O–H groups in total. The number of benzene rings is 1. The van der Waals surface area contributed by atoms with E-state index in [1.54, 1.807) is 7.11 Å². The second-order valence-corrected chi connectivity index (χ2v) is 4.28. The fraction of sp³-hybridized carbons (Fsp3) is 0.267. The van der Waals surface area contributed by atoms with Gasteiger partial charge in [-0.25, -0.2) is 0 Å². The molecule has 0 saturated carbocycles. The lowest BCUT2D eigenvalue weighted by Gasteiger charge is -2.08. The topological polar surface area (TPSA) is 34.1 Å². The lowest BCUT2D eigenvalue weighted by molar-refractivity contribution is 0.413. The summed E-state index contributed by atoms with van der Waals surface area (Å²) < 4.78 is 5.26. The summed E-state index contributed by atoms with van der Waals surface area (Å²) >= 11 is 0. The summed E-state index contributed by atoms with van der Waals surface area (Å²) in [7, 11) is 1.69. The average Bonchev–Trinajstić information content (AvgIpc) is 2.39. The molecule has 1 heterocycles. The molecule has 2 rings (SSSR count). The normalized spacial score (nSPS) is 10.3. The predicted molar refractivity (Wildman–Crippen MR) is 72.5 cm³/mol. The van der Waals surface area contributed by atoms with Crippen LogP contribution in [0.4, 0.5) is 0 Å². The Morgan fingerprint density at radius 2 is 2.06 bits per heavy atom. The van der Waals surface area contributed by atoms with Crippen LogP contribution in [-0.2, 0) is 13.1 Å². The molecule has 0 amide bonds. The molecule has 0 saturated heterocycles. The molecule has 0 bridgehead atoms. The van der Waals surface area contributed by atoms with Crippen LogP contribution in [0.25, 0.3) is 0 Å². The first-order valence-electron chi connectivity index (χ1n) is 6.03. The Labute approximate surface area is 108 Å². The van der Waals surface area contributed by atoms with Crippen molar-refractivity contribution in [1.29, 1.82) is 0 Å². The van der Waals surface area contributed by atoms with Crippen molar-refractivity contribution in [2.24, 2.45) is 0 Å². The van der Waals surface area contributed by atoms with Crippen molar-refractivity contribution >= 4 is 0 Å². The van der Waals surface area contributed by atoms with Gasteiger partial charge in [0, 0.05) is 19.3 Å². The van der Waals surface area contributed by atoms with Crippen LogP contribution in [0.1, 0.15) is 16.8 Å². The fourth-order valence-electron chi connectivity index (χ4n) is 1.88. The molecule has 0 radical (unpaired) electrons. The van der Waals surface area contributed by atoms with Gasteiger partial charge in [-0.2, -0.15) is 0 Å². The van der Waals surface area contributed by atoms with Crippen LogP contribution in [0.2, 0.25) is 0 Å². The Morgan fingerprint density at radius 1 is 1.17 bits per heavy atom. The molecule has 0 aliphatic carbocycles. The molecular weight excluding hydrogens is 224 g/mol. The Hall–Kier alpha value is -1.87. The summed E-state index contributed by atoms with van der Waals surface area (Å²) in [5.41, 5.74) is 3.49. The van der Waals surface area contributed by atoms with Gasteiger partial charge in [-0.3, -0.25) is 4.98 Å². The van der Waals surface area contributed by atoms with Gasteiger partial charge in [-0.15, -0.1) is 0 Å². The van der Waals surface area contributed by atoms with Crippen molar-refractivity contribution < 1.29 is 4.74 Å². The Balaban J connectivity index is 1.92. The van der Waals surface area contributed by atoms with Gasteiger partial charge < -0.3 is 10.1 Å². The summed E-state index contributed by atoms with van der Waals surface area (Å²) in [6.45, 7) is 3.66. The highest BCUT2D eigenvalue weighted by Crippen LogP contribution is 2.16. The molecule has 0 unspecified atom stereocenters. The van der Waals surface area contributed by atoms with E-state index in [0.29, 0.717) is 0 Å². The van der Waals surface area contributed by atoms with Crippen molar-refractivity contribution in [1.82, 2.24) is 10.3 Å². The molecule has 0 fully saturated rings. The van der Waals surface area contributed by atoms with Gasteiger partial charge in [0.1, 0.15) is 5.75 Å².